The van der Waals surface area contributed by atoms with E-state index in [-0.39, 0.29) is 23.8 Å². The zero-order chi connectivity index (χ0) is 36.1. The van der Waals surface area contributed by atoms with Gasteiger partial charge in [-0.15, -0.1) is 10.2 Å². The molecule has 7 rings (SSSR count). The molecule has 0 atom stereocenters. The number of hydrogen-bond acceptors (Lipinski definition) is 9. The SMILES string of the molecule is COc1ccc(CN(Cc2ccc(OC)cc2)S(=O)(=O)c2cccc(C3=CCCc4ncccc43)c2-c2nnn(Cc3ccc(OC)cc3)n2)cc1. The Kier molecular flexibility index (Phi) is 10.1. The highest BCUT2D eigenvalue weighted by Crippen LogP contribution is 2.40. The number of rotatable bonds is 13. The maximum absolute atomic E-state index is 15.2. The van der Waals surface area contributed by atoms with E-state index in [1.165, 1.54) is 9.10 Å². The molecule has 1 aliphatic rings. The van der Waals surface area contributed by atoms with Gasteiger partial charge in [-0.3, -0.25) is 4.98 Å². The Morgan fingerprint density at radius 3 is 1.88 bits per heavy atom. The fourth-order valence-corrected chi connectivity index (χ4v) is 7.97. The van der Waals surface area contributed by atoms with Crippen LogP contribution in [0, 0.1) is 0 Å². The standard InChI is InChI=1S/C40H38N6O5S/c1-49-31-18-12-28(13-19-31)25-45(26-29-14-20-32(50-2)21-15-29)52(47,48)38-11-5-8-36(34-7-4-10-37-35(34)9-6-24-41-37)39(38)40-42-44-46(43-40)27-30-16-22-33(51-3)23-17-30/h5-9,11-24H,4,10,25-27H2,1-3H3. The van der Waals surface area contributed by atoms with Crippen molar-refractivity contribution in [1.29, 1.82) is 0 Å². The van der Waals surface area contributed by atoms with E-state index in [1.807, 2.05) is 91.0 Å². The third kappa shape index (κ3) is 7.30. The van der Waals surface area contributed by atoms with Crippen LogP contribution in [0.3, 0.4) is 0 Å². The summed E-state index contributed by atoms with van der Waals surface area (Å²) in [6, 6.07) is 31.6. The number of aryl methyl sites for hydroxylation is 1. The molecule has 0 N–H and O–H groups in total. The Morgan fingerprint density at radius 2 is 1.29 bits per heavy atom. The number of nitrogens with zero attached hydrogens (tertiary/aromatic N) is 6. The van der Waals surface area contributed by atoms with Crippen molar-refractivity contribution in [2.24, 2.45) is 0 Å². The lowest BCUT2D eigenvalue weighted by Gasteiger charge is -2.25. The molecule has 0 saturated carbocycles. The Morgan fingerprint density at radius 1 is 0.712 bits per heavy atom. The van der Waals surface area contributed by atoms with Gasteiger partial charge in [-0.1, -0.05) is 60.7 Å². The monoisotopic (exact) mass is 714 g/mol. The third-order valence-electron chi connectivity index (χ3n) is 9.04. The predicted octanol–water partition coefficient (Wildman–Crippen LogP) is 6.58. The van der Waals surface area contributed by atoms with Crippen LogP contribution in [0.4, 0.5) is 0 Å². The Hall–Kier alpha value is -5.85. The molecule has 0 bridgehead atoms. The van der Waals surface area contributed by atoms with Gasteiger partial charge >= 0.3 is 0 Å². The van der Waals surface area contributed by atoms with Crippen LogP contribution in [0.5, 0.6) is 17.2 Å². The minimum atomic E-state index is -4.21. The highest BCUT2D eigenvalue weighted by molar-refractivity contribution is 7.89. The van der Waals surface area contributed by atoms with Gasteiger partial charge in [0.2, 0.25) is 15.8 Å². The van der Waals surface area contributed by atoms with Gasteiger partial charge < -0.3 is 14.2 Å². The molecule has 12 heteroatoms. The van der Waals surface area contributed by atoms with Crippen molar-refractivity contribution in [2.75, 3.05) is 21.3 Å². The minimum absolute atomic E-state index is 0.0768. The number of sulfonamides is 1. The van der Waals surface area contributed by atoms with Gasteiger partial charge in [0.1, 0.15) is 17.2 Å². The van der Waals surface area contributed by atoms with E-state index < -0.39 is 10.0 Å². The maximum Gasteiger partial charge on any atom is 0.244 e. The molecule has 0 fully saturated rings. The molecule has 0 radical (unpaired) electrons. The average Bonchev–Trinajstić information content (AvgIpc) is 3.66. The van der Waals surface area contributed by atoms with Gasteiger partial charge in [0.25, 0.3) is 0 Å². The summed E-state index contributed by atoms with van der Waals surface area (Å²) in [5.41, 5.74) is 6.38. The van der Waals surface area contributed by atoms with Gasteiger partial charge in [0.05, 0.1) is 38.3 Å². The van der Waals surface area contributed by atoms with Crippen molar-refractivity contribution in [3.63, 3.8) is 0 Å². The molecular formula is C40H38N6O5S. The third-order valence-corrected chi connectivity index (χ3v) is 10.9. The average molecular weight is 715 g/mol. The molecule has 0 unspecified atom stereocenters. The van der Waals surface area contributed by atoms with Crippen molar-refractivity contribution in [3.05, 3.63) is 149 Å². The molecule has 264 valence electrons. The fourth-order valence-electron chi connectivity index (χ4n) is 6.34. The summed E-state index contributed by atoms with van der Waals surface area (Å²) in [6.45, 7) is 0.544. The van der Waals surface area contributed by atoms with Crippen LogP contribution in [-0.4, -0.2) is 59.2 Å². The number of methoxy groups -OCH3 is 3. The highest BCUT2D eigenvalue weighted by Gasteiger charge is 2.32. The topological polar surface area (TPSA) is 122 Å². The number of allylic oxidation sites excluding steroid dienone is 1. The van der Waals surface area contributed by atoms with Crippen molar-refractivity contribution in [3.8, 4) is 28.6 Å². The molecule has 1 aliphatic carbocycles. The van der Waals surface area contributed by atoms with E-state index in [0.717, 1.165) is 52.1 Å². The maximum atomic E-state index is 15.2. The van der Waals surface area contributed by atoms with Crippen LogP contribution in [0.2, 0.25) is 0 Å². The molecular weight excluding hydrogens is 677 g/mol. The van der Waals surface area contributed by atoms with Gasteiger partial charge in [-0.25, -0.2) is 8.42 Å². The molecule has 11 nitrogen and oxygen atoms in total. The fraction of sp³-hybridized carbons (Fsp3) is 0.200. The second-order valence-electron chi connectivity index (χ2n) is 12.3. The zero-order valence-corrected chi connectivity index (χ0v) is 30.0. The summed E-state index contributed by atoms with van der Waals surface area (Å²) >= 11 is 0. The molecule has 52 heavy (non-hydrogen) atoms. The largest absolute Gasteiger partial charge is 0.497 e. The number of aromatic nitrogens is 5. The first-order valence-corrected chi connectivity index (χ1v) is 18.2. The van der Waals surface area contributed by atoms with E-state index in [9.17, 15) is 0 Å². The van der Waals surface area contributed by atoms with Crippen molar-refractivity contribution < 1.29 is 22.6 Å². The number of pyridine rings is 1. The van der Waals surface area contributed by atoms with E-state index in [2.05, 4.69) is 21.4 Å². The van der Waals surface area contributed by atoms with Crippen LogP contribution in [0.15, 0.2) is 120 Å². The first-order valence-electron chi connectivity index (χ1n) is 16.8. The smallest absolute Gasteiger partial charge is 0.244 e. The summed E-state index contributed by atoms with van der Waals surface area (Å²) in [6.07, 6.45) is 5.47. The van der Waals surface area contributed by atoms with Gasteiger partial charge in [0, 0.05) is 30.5 Å². The number of fused-ring (bicyclic) bond motifs is 1. The van der Waals surface area contributed by atoms with E-state index in [1.54, 1.807) is 39.7 Å². The number of hydrogen-bond donors (Lipinski definition) is 0. The van der Waals surface area contributed by atoms with Crippen molar-refractivity contribution in [1.82, 2.24) is 29.5 Å². The zero-order valence-electron chi connectivity index (χ0n) is 29.1. The van der Waals surface area contributed by atoms with E-state index in [0.29, 0.717) is 29.2 Å². The van der Waals surface area contributed by atoms with E-state index in [4.69, 9.17) is 19.3 Å². The molecule has 2 heterocycles. The quantitative estimate of drug-likeness (QED) is 0.131. The van der Waals surface area contributed by atoms with Crippen molar-refractivity contribution >= 4 is 15.6 Å². The molecule has 0 spiro atoms. The second-order valence-corrected chi connectivity index (χ2v) is 14.2. The summed E-state index contributed by atoms with van der Waals surface area (Å²) in [5.74, 6) is 2.31. The van der Waals surface area contributed by atoms with Crippen LogP contribution >= 0.6 is 0 Å². The van der Waals surface area contributed by atoms with Crippen molar-refractivity contribution in [2.45, 2.75) is 37.4 Å². The molecule has 2 aromatic heterocycles. The lowest BCUT2D eigenvalue weighted by atomic mass is 9.87. The van der Waals surface area contributed by atoms with E-state index >= 15 is 8.42 Å². The Bertz CT molecular complexity index is 2260. The van der Waals surface area contributed by atoms with Gasteiger partial charge in [-0.05, 0) is 94.4 Å². The molecule has 0 amide bonds. The highest BCUT2D eigenvalue weighted by atomic mass is 32.2. The molecule has 4 aromatic carbocycles. The van der Waals surface area contributed by atoms with Crippen LogP contribution < -0.4 is 14.2 Å². The van der Waals surface area contributed by atoms with Crippen LogP contribution in [-0.2, 0) is 36.1 Å². The Labute approximate surface area is 303 Å². The number of ether oxygens (including phenoxy) is 3. The van der Waals surface area contributed by atoms with Gasteiger partial charge in [-0.2, -0.15) is 9.10 Å². The second kappa shape index (κ2) is 15.2. The normalized spacial score (nSPS) is 12.7. The Balaban J connectivity index is 1.36. The predicted molar refractivity (Wildman–Crippen MR) is 197 cm³/mol. The lowest BCUT2D eigenvalue weighted by molar-refractivity contribution is 0.397. The van der Waals surface area contributed by atoms with Crippen LogP contribution in [0.25, 0.3) is 17.0 Å². The van der Waals surface area contributed by atoms with Gasteiger partial charge in [0.15, 0.2) is 0 Å². The minimum Gasteiger partial charge on any atom is -0.497 e. The molecule has 0 saturated heterocycles. The summed E-state index contributed by atoms with van der Waals surface area (Å²) in [7, 11) is 0.611. The first-order chi connectivity index (χ1) is 25.4. The summed E-state index contributed by atoms with van der Waals surface area (Å²) in [4.78, 5) is 6.19. The molecule has 6 aromatic rings. The molecule has 0 aliphatic heterocycles. The summed E-state index contributed by atoms with van der Waals surface area (Å²) in [5, 5.41) is 13.6. The number of benzene rings is 4. The summed E-state index contributed by atoms with van der Waals surface area (Å²) < 4.78 is 47.8. The first kappa shape index (κ1) is 34.6. The van der Waals surface area contributed by atoms with Crippen LogP contribution in [0.1, 0.15) is 39.9 Å². The lowest BCUT2D eigenvalue weighted by Crippen LogP contribution is -2.31. The number of tetrazole rings is 1.